The largest absolute Gasteiger partial charge is 0.334 e. The zero-order chi connectivity index (χ0) is 14.7. The predicted octanol–water partition coefficient (Wildman–Crippen LogP) is 5.26. The molecule has 0 N–H and O–H groups in total. The van der Waals surface area contributed by atoms with Crippen LogP contribution in [0.5, 0.6) is 0 Å². The predicted molar refractivity (Wildman–Crippen MR) is 91.0 cm³/mol. The fourth-order valence-electron chi connectivity index (χ4n) is 2.92. The molecule has 2 aromatic rings. The first-order chi connectivity index (χ1) is 10.3. The smallest absolute Gasteiger partial charge is 0.0585 e. The number of benzene rings is 2. The van der Waals surface area contributed by atoms with Gasteiger partial charge in [0.15, 0.2) is 0 Å². The molecule has 2 aromatic carbocycles. The van der Waals surface area contributed by atoms with Gasteiger partial charge in [0, 0.05) is 11.4 Å². The first-order valence-electron chi connectivity index (χ1n) is 7.52. The number of hydrogen-bond acceptors (Lipinski definition) is 1. The minimum atomic E-state index is 0.346. The van der Waals surface area contributed by atoms with Crippen molar-refractivity contribution in [2.24, 2.45) is 5.92 Å². The zero-order valence-electron chi connectivity index (χ0n) is 12.6. The van der Waals surface area contributed by atoms with Crippen LogP contribution in [0.25, 0.3) is 0 Å². The lowest BCUT2D eigenvalue weighted by atomic mass is 9.94. The van der Waals surface area contributed by atoms with E-state index in [0.29, 0.717) is 12.0 Å². The zero-order valence-corrected chi connectivity index (χ0v) is 12.6. The molecule has 1 aliphatic rings. The number of para-hydroxylation sites is 2. The van der Waals surface area contributed by atoms with Gasteiger partial charge in [-0.05, 0) is 36.6 Å². The summed E-state index contributed by atoms with van der Waals surface area (Å²) in [6, 6.07) is 19.6. The van der Waals surface area contributed by atoms with Crippen molar-refractivity contribution in [3.05, 3.63) is 84.5 Å². The van der Waals surface area contributed by atoms with Crippen molar-refractivity contribution in [2.45, 2.75) is 19.9 Å². The normalized spacial score (nSPS) is 20.5. The summed E-state index contributed by atoms with van der Waals surface area (Å²) in [4.78, 5) is 2.44. The first kappa shape index (κ1) is 13.7. The number of nitrogens with zero attached hydrogens (tertiary/aromatic N) is 1. The van der Waals surface area contributed by atoms with Crippen molar-refractivity contribution in [1.29, 1.82) is 0 Å². The number of allylic oxidation sites excluding steroid dienone is 2. The maximum absolute atomic E-state index is 2.44. The molecule has 0 heterocycles. The average Bonchev–Trinajstić information content (AvgIpc) is 2.52. The molecule has 2 unspecified atom stereocenters. The average molecular weight is 275 g/mol. The lowest BCUT2D eigenvalue weighted by molar-refractivity contribution is 0.609. The molecule has 0 bridgehead atoms. The Hall–Kier alpha value is -2.28. The summed E-state index contributed by atoms with van der Waals surface area (Å²) < 4.78 is 0. The Kier molecular flexibility index (Phi) is 3.92. The Morgan fingerprint density at radius 1 is 0.810 bits per heavy atom. The lowest BCUT2D eigenvalue weighted by Crippen LogP contribution is -2.35. The van der Waals surface area contributed by atoms with Gasteiger partial charge in [0.25, 0.3) is 0 Å². The van der Waals surface area contributed by atoms with Gasteiger partial charge < -0.3 is 4.90 Å². The summed E-state index contributed by atoms with van der Waals surface area (Å²) in [6.45, 7) is 4.46. The van der Waals surface area contributed by atoms with E-state index in [1.165, 1.54) is 16.9 Å². The van der Waals surface area contributed by atoms with Crippen LogP contribution < -0.4 is 4.90 Å². The Morgan fingerprint density at radius 2 is 1.48 bits per heavy atom. The number of rotatable bonds is 3. The van der Waals surface area contributed by atoms with Gasteiger partial charge in [-0.2, -0.15) is 0 Å². The molecule has 0 amide bonds. The van der Waals surface area contributed by atoms with Gasteiger partial charge in [-0.3, -0.25) is 0 Å². The minimum Gasteiger partial charge on any atom is -0.334 e. The third kappa shape index (κ3) is 2.78. The van der Waals surface area contributed by atoms with Crippen molar-refractivity contribution in [1.82, 2.24) is 0 Å². The molecular weight excluding hydrogens is 254 g/mol. The van der Waals surface area contributed by atoms with Gasteiger partial charge in [0.05, 0.1) is 6.04 Å². The number of aryl methyl sites for hydroxylation is 1. The summed E-state index contributed by atoms with van der Waals surface area (Å²) >= 11 is 0. The molecule has 1 aliphatic carbocycles. The molecular formula is C20H21N. The summed E-state index contributed by atoms with van der Waals surface area (Å²) in [5.74, 6) is 0.481. The standard InChI is InChI=1S/C20H21N/c1-16-10-6-8-14-19(16)21(18-12-4-3-5-13-18)20-15-9-7-11-17(20)2/h3-16,19H,1-2H3. The van der Waals surface area contributed by atoms with Crippen LogP contribution in [0.2, 0.25) is 0 Å². The molecule has 106 valence electrons. The van der Waals surface area contributed by atoms with Crippen molar-refractivity contribution < 1.29 is 0 Å². The second-order valence-corrected chi connectivity index (χ2v) is 5.61. The fourth-order valence-corrected chi connectivity index (χ4v) is 2.92. The Bertz CT molecular complexity index is 655. The Labute approximate surface area is 127 Å². The van der Waals surface area contributed by atoms with E-state index in [1.807, 2.05) is 0 Å². The van der Waals surface area contributed by atoms with Crippen LogP contribution >= 0.6 is 0 Å². The molecule has 1 heteroatoms. The fraction of sp³-hybridized carbons (Fsp3) is 0.200. The second-order valence-electron chi connectivity index (χ2n) is 5.61. The first-order valence-corrected chi connectivity index (χ1v) is 7.52. The second kappa shape index (κ2) is 6.01. The maximum Gasteiger partial charge on any atom is 0.0585 e. The summed E-state index contributed by atoms with van der Waals surface area (Å²) in [7, 11) is 0. The van der Waals surface area contributed by atoms with Crippen molar-refractivity contribution in [3.8, 4) is 0 Å². The van der Waals surface area contributed by atoms with E-state index in [0.717, 1.165) is 0 Å². The summed E-state index contributed by atoms with van der Waals surface area (Å²) in [5, 5.41) is 0. The van der Waals surface area contributed by atoms with E-state index >= 15 is 0 Å². The highest BCUT2D eigenvalue weighted by molar-refractivity contribution is 5.68. The van der Waals surface area contributed by atoms with Crippen LogP contribution in [-0.2, 0) is 0 Å². The summed E-state index contributed by atoms with van der Waals surface area (Å²) in [5.41, 5.74) is 3.82. The van der Waals surface area contributed by atoms with Gasteiger partial charge in [-0.1, -0.05) is 67.6 Å². The molecule has 3 rings (SSSR count). The van der Waals surface area contributed by atoms with Gasteiger partial charge in [0.1, 0.15) is 0 Å². The van der Waals surface area contributed by atoms with Crippen molar-refractivity contribution >= 4 is 11.4 Å². The molecule has 0 aliphatic heterocycles. The van der Waals surface area contributed by atoms with Gasteiger partial charge in [0.2, 0.25) is 0 Å². The van der Waals surface area contributed by atoms with E-state index in [-0.39, 0.29) is 0 Å². The van der Waals surface area contributed by atoms with Gasteiger partial charge >= 0.3 is 0 Å². The van der Waals surface area contributed by atoms with E-state index in [2.05, 4.69) is 97.6 Å². The molecule has 21 heavy (non-hydrogen) atoms. The SMILES string of the molecule is Cc1ccccc1N(c1ccccc1)C1C=CC=CC1C. The number of anilines is 2. The third-order valence-corrected chi connectivity index (χ3v) is 4.08. The van der Waals surface area contributed by atoms with Crippen LogP contribution in [0.15, 0.2) is 78.9 Å². The van der Waals surface area contributed by atoms with E-state index in [9.17, 15) is 0 Å². The molecule has 0 saturated heterocycles. The highest BCUT2D eigenvalue weighted by Gasteiger charge is 2.24. The topological polar surface area (TPSA) is 3.24 Å². The molecule has 0 aromatic heterocycles. The van der Waals surface area contributed by atoms with Crippen LogP contribution in [0.1, 0.15) is 12.5 Å². The van der Waals surface area contributed by atoms with E-state index < -0.39 is 0 Å². The van der Waals surface area contributed by atoms with Crippen LogP contribution in [0.4, 0.5) is 11.4 Å². The monoisotopic (exact) mass is 275 g/mol. The van der Waals surface area contributed by atoms with Crippen molar-refractivity contribution in [3.63, 3.8) is 0 Å². The Morgan fingerprint density at radius 3 is 2.19 bits per heavy atom. The molecule has 0 spiro atoms. The van der Waals surface area contributed by atoms with Crippen LogP contribution in [0, 0.1) is 12.8 Å². The van der Waals surface area contributed by atoms with Crippen LogP contribution in [-0.4, -0.2) is 6.04 Å². The highest BCUT2D eigenvalue weighted by atomic mass is 15.2. The molecule has 0 radical (unpaired) electrons. The molecule has 0 fully saturated rings. The quantitative estimate of drug-likeness (QED) is 0.738. The third-order valence-electron chi connectivity index (χ3n) is 4.08. The summed E-state index contributed by atoms with van der Waals surface area (Å²) in [6.07, 6.45) is 8.87. The van der Waals surface area contributed by atoms with Crippen molar-refractivity contribution in [2.75, 3.05) is 4.90 Å². The molecule has 2 atom stereocenters. The van der Waals surface area contributed by atoms with Crippen LogP contribution in [0.3, 0.4) is 0 Å². The molecule has 0 saturated carbocycles. The van der Waals surface area contributed by atoms with Gasteiger partial charge in [-0.25, -0.2) is 0 Å². The Balaban J connectivity index is 2.10. The van der Waals surface area contributed by atoms with E-state index in [4.69, 9.17) is 0 Å². The maximum atomic E-state index is 2.44. The lowest BCUT2D eigenvalue weighted by Gasteiger charge is -2.36. The highest BCUT2D eigenvalue weighted by Crippen LogP contribution is 2.34. The van der Waals surface area contributed by atoms with E-state index in [1.54, 1.807) is 0 Å². The number of hydrogen-bond donors (Lipinski definition) is 0. The minimum absolute atomic E-state index is 0.346. The molecule has 1 nitrogen and oxygen atoms in total. The van der Waals surface area contributed by atoms with Gasteiger partial charge in [-0.15, -0.1) is 0 Å².